The van der Waals surface area contributed by atoms with Crippen LogP contribution in [0.4, 0.5) is 0 Å². The Morgan fingerprint density at radius 2 is 2.06 bits per heavy atom. The van der Waals surface area contributed by atoms with E-state index in [0.717, 1.165) is 0 Å². The molecule has 0 saturated carbocycles. The summed E-state index contributed by atoms with van der Waals surface area (Å²) in [5.74, 6) is -0.486. The number of esters is 1. The lowest BCUT2D eigenvalue weighted by atomic mass is 10.2. The molecule has 6 heteroatoms. The van der Waals surface area contributed by atoms with Gasteiger partial charge in [-0.25, -0.2) is 4.79 Å². The van der Waals surface area contributed by atoms with Crippen molar-refractivity contribution in [2.45, 2.75) is 38.4 Å². The molecule has 1 unspecified atom stereocenters. The number of hydrogen-bond acceptors (Lipinski definition) is 4. The molecule has 1 N–H and O–H groups in total. The number of hydrogen-bond donors (Lipinski definition) is 1. The minimum Gasteiger partial charge on any atom is -0.462 e. The van der Waals surface area contributed by atoms with Gasteiger partial charge in [0.25, 0.3) is 10.1 Å². The smallest absolute Gasteiger partial charge is 0.333 e. The molecule has 94 valence electrons. The molecule has 0 aromatic rings. The maximum atomic E-state index is 11.0. The van der Waals surface area contributed by atoms with E-state index in [1.165, 1.54) is 6.92 Å². The summed E-state index contributed by atoms with van der Waals surface area (Å²) >= 11 is 0. The molecule has 0 spiro atoms. The van der Waals surface area contributed by atoms with Crippen LogP contribution in [-0.2, 0) is 19.6 Å². The molecule has 0 heterocycles. The molecule has 0 rings (SSSR count). The lowest BCUT2D eigenvalue weighted by Gasteiger charge is -2.11. The van der Waals surface area contributed by atoms with Crippen LogP contribution in [0.1, 0.15) is 33.1 Å². The highest BCUT2D eigenvalue weighted by Gasteiger charge is 2.20. The van der Waals surface area contributed by atoms with Crippen LogP contribution in [0.3, 0.4) is 0 Å². The first-order chi connectivity index (χ1) is 7.29. The Hall–Kier alpha value is -0.880. The standard InChI is InChI=1S/C10H18O5S/c1-4-9(16(12,13)14)6-5-7-15-10(11)8(2)3/h9H,2,4-7H2,1,3H3,(H,12,13,14). The van der Waals surface area contributed by atoms with Gasteiger partial charge in [0.05, 0.1) is 11.9 Å². The molecule has 0 amide bonds. The molecule has 0 aliphatic heterocycles. The quantitative estimate of drug-likeness (QED) is 0.321. The first-order valence-corrected chi connectivity index (χ1v) is 6.58. The minimum absolute atomic E-state index is 0.137. The highest BCUT2D eigenvalue weighted by atomic mass is 32.2. The molecular weight excluding hydrogens is 232 g/mol. The third-order valence-corrected chi connectivity index (χ3v) is 3.54. The Balaban J connectivity index is 3.90. The fourth-order valence-electron chi connectivity index (χ4n) is 1.16. The highest BCUT2D eigenvalue weighted by molar-refractivity contribution is 7.86. The monoisotopic (exact) mass is 250 g/mol. The molecule has 0 aliphatic carbocycles. The van der Waals surface area contributed by atoms with Crippen molar-refractivity contribution in [1.82, 2.24) is 0 Å². The largest absolute Gasteiger partial charge is 0.462 e. The molecular formula is C10H18O5S. The second kappa shape index (κ2) is 6.65. The zero-order valence-electron chi connectivity index (χ0n) is 9.60. The summed E-state index contributed by atoms with van der Waals surface area (Å²) in [6.45, 7) is 6.77. The van der Waals surface area contributed by atoms with Gasteiger partial charge in [0.1, 0.15) is 0 Å². The Morgan fingerprint density at radius 3 is 2.44 bits per heavy atom. The molecule has 0 aromatic carbocycles. The molecule has 0 saturated heterocycles. The van der Waals surface area contributed by atoms with Gasteiger partial charge in [0.2, 0.25) is 0 Å². The zero-order chi connectivity index (χ0) is 12.8. The van der Waals surface area contributed by atoms with Gasteiger partial charge in [-0.1, -0.05) is 13.5 Å². The van der Waals surface area contributed by atoms with Crippen molar-refractivity contribution in [2.24, 2.45) is 0 Å². The molecule has 0 radical (unpaired) electrons. The molecule has 16 heavy (non-hydrogen) atoms. The van der Waals surface area contributed by atoms with Crippen molar-refractivity contribution in [3.05, 3.63) is 12.2 Å². The van der Waals surface area contributed by atoms with Crippen LogP contribution in [0.2, 0.25) is 0 Å². The summed E-state index contributed by atoms with van der Waals surface area (Å²) in [5, 5.41) is -0.781. The van der Waals surface area contributed by atoms with E-state index in [9.17, 15) is 13.2 Å². The second-order valence-electron chi connectivity index (χ2n) is 3.60. The lowest BCUT2D eigenvalue weighted by Crippen LogP contribution is -2.20. The van der Waals surface area contributed by atoms with E-state index < -0.39 is 21.3 Å². The van der Waals surface area contributed by atoms with Crippen molar-refractivity contribution in [1.29, 1.82) is 0 Å². The van der Waals surface area contributed by atoms with Crippen molar-refractivity contribution in [3.8, 4) is 0 Å². The topological polar surface area (TPSA) is 80.7 Å². The molecule has 0 bridgehead atoms. The second-order valence-corrected chi connectivity index (χ2v) is 5.30. The molecule has 5 nitrogen and oxygen atoms in total. The van der Waals surface area contributed by atoms with E-state index >= 15 is 0 Å². The normalized spacial score (nSPS) is 13.2. The highest BCUT2D eigenvalue weighted by Crippen LogP contribution is 2.11. The van der Waals surface area contributed by atoms with Crippen LogP contribution in [0.5, 0.6) is 0 Å². The van der Waals surface area contributed by atoms with E-state index in [4.69, 9.17) is 9.29 Å². The van der Waals surface area contributed by atoms with Crippen LogP contribution >= 0.6 is 0 Å². The average molecular weight is 250 g/mol. The van der Waals surface area contributed by atoms with E-state index in [-0.39, 0.29) is 13.0 Å². The van der Waals surface area contributed by atoms with Crippen molar-refractivity contribution >= 4 is 16.1 Å². The molecule has 0 fully saturated rings. The fraction of sp³-hybridized carbons (Fsp3) is 0.700. The predicted molar refractivity (Wildman–Crippen MR) is 60.6 cm³/mol. The van der Waals surface area contributed by atoms with Crippen LogP contribution in [0, 0.1) is 0 Å². The van der Waals surface area contributed by atoms with Crippen molar-refractivity contribution < 1.29 is 22.5 Å². The summed E-state index contributed by atoms with van der Waals surface area (Å²) in [5.41, 5.74) is 0.307. The van der Waals surface area contributed by atoms with Crippen LogP contribution in [0.25, 0.3) is 0 Å². The third kappa shape index (κ3) is 5.87. The van der Waals surface area contributed by atoms with Gasteiger partial charge in [0.15, 0.2) is 0 Å². The van der Waals surface area contributed by atoms with E-state index in [0.29, 0.717) is 18.4 Å². The Morgan fingerprint density at radius 1 is 1.50 bits per heavy atom. The SMILES string of the molecule is C=C(C)C(=O)OCCCC(CC)S(=O)(=O)O. The first-order valence-electron chi connectivity index (χ1n) is 5.08. The van der Waals surface area contributed by atoms with Crippen LogP contribution in [0.15, 0.2) is 12.2 Å². The van der Waals surface area contributed by atoms with Crippen molar-refractivity contribution in [3.63, 3.8) is 0 Å². The van der Waals surface area contributed by atoms with Crippen LogP contribution in [-0.4, -0.2) is 30.8 Å². The molecule has 0 aromatic heterocycles. The summed E-state index contributed by atoms with van der Waals surface area (Å²) in [7, 11) is -3.99. The van der Waals surface area contributed by atoms with Crippen LogP contribution < -0.4 is 0 Å². The van der Waals surface area contributed by atoms with Gasteiger partial charge in [-0.2, -0.15) is 8.42 Å². The average Bonchev–Trinajstić information content (AvgIpc) is 2.15. The summed E-state index contributed by atoms with van der Waals surface area (Å²) in [6.07, 6.45) is 1.02. The minimum atomic E-state index is -3.99. The van der Waals surface area contributed by atoms with E-state index in [1.54, 1.807) is 6.92 Å². The van der Waals surface area contributed by atoms with Crippen molar-refractivity contribution in [2.75, 3.05) is 6.61 Å². The number of rotatable bonds is 7. The summed E-state index contributed by atoms with van der Waals surface area (Å²) in [6, 6.07) is 0. The van der Waals surface area contributed by atoms with E-state index in [1.807, 2.05) is 0 Å². The van der Waals surface area contributed by atoms with Gasteiger partial charge in [-0.05, 0) is 26.2 Å². The van der Waals surface area contributed by atoms with E-state index in [2.05, 4.69) is 6.58 Å². The number of ether oxygens (including phenoxy) is 1. The Labute approximate surface area is 96.2 Å². The molecule has 1 atom stereocenters. The van der Waals surface area contributed by atoms with Gasteiger partial charge >= 0.3 is 5.97 Å². The number of carbonyl (C=O) groups is 1. The maximum absolute atomic E-state index is 11.0. The predicted octanol–water partition coefficient (Wildman–Crippen LogP) is 1.55. The van der Waals surface area contributed by atoms with Gasteiger partial charge in [-0.15, -0.1) is 0 Å². The first kappa shape index (κ1) is 15.1. The zero-order valence-corrected chi connectivity index (χ0v) is 10.4. The maximum Gasteiger partial charge on any atom is 0.333 e. The Kier molecular flexibility index (Phi) is 6.28. The molecule has 0 aliphatic rings. The third-order valence-electron chi connectivity index (χ3n) is 2.13. The number of carbonyl (C=O) groups excluding carboxylic acids is 1. The lowest BCUT2D eigenvalue weighted by molar-refractivity contribution is -0.139. The summed E-state index contributed by atoms with van der Waals surface area (Å²) in [4.78, 5) is 11.0. The summed E-state index contributed by atoms with van der Waals surface area (Å²) < 4.78 is 35.3. The van der Waals surface area contributed by atoms with Gasteiger partial charge in [-0.3, -0.25) is 4.55 Å². The van der Waals surface area contributed by atoms with Gasteiger partial charge in [0, 0.05) is 5.57 Å². The van der Waals surface area contributed by atoms with Gasteiger partial charge < -0.3 is 4.74 Å². The Bertz CT molecular complexity index is 344. The fourth-order valence-corrected chi connectivity index (χ4v) is 2.05.